The van der Waals surface area contributed by atoms with Crippen molar-refractivity contribution in [2.45, 2.75) is 72.2 Å². The van der Waals surface area contributed by atoms with E-state index in [0.29, 0.717) is 12.1 Å². The Kier molecular flexibility index (Phi) is 7.10. The first-order chi connectivity index (χ1) is 13.8. The molecule has 1 aliphatic rings. The summed E-state index contributed by atoms with van der Waals surface area (Å²) in [4.78, 5) is 40.6. The Balaban J connectivity index is 2.16. The number of ether oxygens (including phenoxy) is 2. The molecule has 0 aromatic heterocycles. The maximum atomic E-state index is 14.0. The molecule has 1 aromatic rings. The average molecular weight is 422 g/mol. The van der Waals surface area contributed by atoms with Crippen LogP contribution in [-0.4, -0.2) is 52.1 Å². The summed E-state index contributed by atoms with van der Waals surface area (Å²) < 4.78 is 24.4. The summed E-state index contributed by atoms with van der Waals surface area (Å²) in [6.45, 7) is 10.6. The van der Waals surface area contributed by atoms with Crippen molar-refractivity contribution >= 4 is 18.0 Å². The molecule has 1 heterocycles. The Labute approximate surface area is 177 Å². The maximum Gasteiger partial charge on any atom is 0.411 e. The first-order valence-corrected chi connectivity index (χ1v) is 10.0. The maximum absolute atomic E-state index is 14.0. The Morgan fingerprint density at radius 1 is 1.13 bits per heavy atom. The molecule has 0 radical (unpaired) electrons. The fourth-order valence-electron chi connectivity index (χ4n) is 3.31. The first-order valence-electron chi connectivity index (χ1n) is 10.0. The van der Waals surface area contributed by atoms with Gasteiger partial charge in [-0.1, -0.05) is 12.1 Å². The van der Waals surface area contributed by atoms with E-state index in [1.54, 1.807) is 58.6 Å². The molecule has 7 nitrogen and oxygen atoms in total. The van der Waals surface area contributed by atoms with E-state index in [9.17, 15) is 18.8 Å². The minimum atomic E-state index is -1.03. The monoisotopic (exact) mass is 422 g/mol. The summed E-state index contributed by atoms with van der Waals surface area (Å²) in [6.07, 6.45) is -0.759. The van der Waals surface area contributed by atoms with Gasteiger partial charge in [0.1, 0.15) is 18.0 Å². The molecule has 0 aliphatic carbocycles. The van der Waals surface area contributed by atoms with Gasteiger partial charge in [-0.25, -0.2) is 9.18 Å². The highest BCUT2D eigenvalue weighted by atomic mass is 19.1. The number of amides is 2. The first kappa shape index (κ1) is 23.6. The molecular formula is C22H31FN2O5. The molecule has 166 valence electrons. The van der Waals surface area contributed by atoms with E-state index >= 15 is 0 Å². The predicted octanol–water partition coefficient (Wildman–Crippen LogP) is 3.64. The minimum Gasteiger partial charge on any atom is -0.465 e. The number of halogens is 1. The number of hydrogen-bond donors (Lipinski definition) is 0. The van der Waals surface area contributed by atoms with Crippen LogP contribution in [0.15, 0.2) is 18.2 Å². The van der Waals surface area contributed by atoms with E-state index < -0.39 is 23.2 Å². The lowest BCUT2D eigenvalue weighted by atomic mass is 9.97. The Morgan fingerprint density at radius 2 is 1.80 bits per heavy atom. The van der Waals surface area contributed by atoms with E-state index in [1.165, 1.54) is 11.0 Å². The predicted molar refractivity (Wildman–Crippen MR) is 109 cm³/mol. The van der Waals surface area contributed by atoms with Crippen molar-refractivity contribution in [1.29, 1.82) is 0 Å². The van der Waals surface area contributed by atoms with E-state index in [4.69, 9.17) is 9.47 Å². The summed E-state index contributed by atoms with van der Waals surface area (Å²) in [7, 11) is 0. The highest BCUT2D eigenvalue weighted by Gasteiger charge is 2.39. The quantitative estimate of drug-likeness (QED) is 0.655. The van der Waals surface area contributed by atoms with Crippen LogP contribution in [0, 0.1) is 5.82 Å². The molecule has 0 N–H and O–H groups in total. The number of carbonyl (C=O) groups is 3. The molecule has 0 bridgehead atoms. The van der Waals surface area contributed by atoms with Crippen LogP contribution in [0.1, 0.15) is 59.1 Å². The van der Waals surface area contributed by atoms with Crippen molar-refractivity contribution < 1.29 is 28.2 Å². The van der Waals surface area contributed by atoms with Crippen molar-refractivity contribution in [2.24, 2.45) is 0 Å². The van der Waals surface area contributed by atoms with Gasteiger partial charge < -0.3 is 14.4 Å². The lowest BCUT2D eigenvalue weighted by Crippen LogP contribution is -2.53. The van der Waals surface area contributed by atoms with Crippen molar-refractivity contribution in [3.63, 3.8) is 0 Å². The molecule has 0 unspecified atom stereocenters. The Bertz CT molecular complexity index is 816. The smallest absolute Gasteiger partial charge is 0.411 e. The number of fused-ring (bicyclic) bond motifs is 1. The van der Waals surface area contributed by atoms with Gasteiger partial charge in [-0.05, 0) is 53.2 Å². The van der Waals surface area contributed by atoms with Crippen LogP contribution in [0.25, 0.3) is 0 Å². The third-order valence-electron chi connectivity index (χ3n) is 4.80. The summed E-state index contributed by atoms with van der Waals surface area (Å²) >= 11 is 0. The Hall–Kier alpha value is -2.64. The van der Waals surface area contributed by atoms with E-state index in [1.807, 2.05) is 0 Å². The van der Waals surface area contributed by atoms with Crippen LogP contribution < -0.4 is 0 Å². The lowest BCUT2D eigenvalue weighted by Gasteiger charge is -2.39. The van der Waals surface area contributed by atoms with Gasteiger partial charge in [0.25, 0.3) is 0 Å². The number of benzene rings is 1. The summed E-state index contributed by atoms with van der Waals surface area (Å²) in [5.74, 6) is -1.16. The van der Waals surface area contributed by atoms with Gasteiger partial charge >= 0.3 is 12.1 Å². The van der Waals surface area contributed by atoms with Crippen LogP contribution in [0.5, 0.6) is 0 Å². The van der Waals surface area contributed by atoms with Crippen molar-refractivity contribution in [1.82, 2.24) is 9.80 Å². The van der Waals surface area contributed by atoms with Crippen LogP contribution in [-0.2, 0) is 32.2 Å². The van der Waals surface area contributed by atoms with Crippen molar-refractivity contribution in [3.05, 3.63) is 35.1 Å². The number of carbonyl (C=O) groups excluding carboxylic acids is 3. The molecule has 0 atom stereocenters. The van der Waals surface area contributed by atoms with Gasteiger partial charge in [-0.2, -0.15) is 0 Å². The molecule has 0 saturated heterocycles. The second-order valence-corrected chi connectivity index (χ2v) is 8.99. The summed E-state index contributed by atoms with van der Waals surface area (Å²) in [6, 6.07) is 4.79. The lowest BCUT2D eigenvalue weighted by molar-refractivity contribution is -0.147. The van der Waals surface area contributed by atoms with Crippen LogP contribution in [0.4, 0.5) is 9.18 Å². The fourth-order valence-corrected chi connectivity index (χ4v) is 3.31. The number of esters is 1. The highest BCUT2D eigenvalue weighted by Crippen LogP contribution is 2.29. The zero-order chi connectivity index (χ0) is 22.7. The topological polar surface area (TPSA) is 76.1 Å². The average Bonchev–Trinajstić information content (AvgIpc) is 3.04. The third-order valence-corrected chi connectivity index (χ3v) is 4.80. The van der Waals surface area contributed by atoms with Crippen LogP contribution >= 0.6 is 0 Å². The molecule has 0 spiro atoms. The van der Waals surface area contributed by atoms with E-state index in [2.05, 4.69) is 0 Å². The number of hydrogen-bond acceptors (Lipinski definition) is 5. The van der Waals surface area contributed by atoms with E-state index in [-0.39, 0.29) is 37.8 Å². The van der Waals surface area contributed by atoms with Crippen molar-refractivity contribution in [3.8, 4) is 0 Å². The van der Waals surface area contributed by atoms with Crippen LogP contribution in [0.2, 0.25) is 0 Å². The Morgan fingerprint density at radius 3 is 2.37 bits per heavy atom. The van der Waals surface area contributed by atoms with E-state index in [0.717, 1.165) is 5.56 Å². The fraction of sp³-hybridized carbons (Fsp3) is 0.591. The zero-order valence-electron chi connectivity index (χ0n) is 18.6. The second kappa shape index (κ2) is 9.02. The van der Waals surface area contributed by atoms with Gasteiger partial charge in [-0.3, -0.25) is 14.5 Å². The summed E-state index contributed by atoms with van der Waals surface area (Å²) in [5, 5.41) is 0. The van der Waals surface area contributed by atoms with Gasteiger partial charge in [0, 0.05) is 25.1 Å². The molecular weight excluding hydrogens is 391 g/mol. The second-order valence-electron chi connectivity index (χ2n) is 8.99. The molecule has 30 heavy (non-hydrogen) atoms. The summed E-state index contributed by atoms with van der Waals surface area (Å²) in [5.41, 5.74) is -0.506. The normalized spacial score (nSPS) is 13.6. The molecule has 2 amide bonds. The molecule has 0 fully saturated rings. The highest BCUT2D eigenvalue weighted by molar-refractivity contribution is 5.82. The zero-order valence-corrected chi connectivity index (χ0v) is 18.6. The standard InChI is InChI=1S/C22H31FN2O5/c1-7-29-19(27)14-25(20(28)30-21(2,3)4)22(5,6)11-18(26)24-12-15-9-8-10-17(23)16(15)13-24/h8-10H,7,11-14H2,1-6H3. The molecule has 8 heteroatoms. The minimum absolute atomic E-state index is 0.0543. The molecule has 2 rings (SSSR count). The third kappa shape index (κ3) is 5.93. The number of nitrogens with zero attached hydrogens (tertiary/aromatic N) is 2. The molecule has 1 aliphatic heterocycles. The molecule has 1 aromatic carbocycles. The van der Waals surface area contributed by atoms with Crippen molar-refractivity contribution in [2.75, 3.05) is 13.2 Å². The van der Waals surface area contributed by atoms with Gasteiger partial charge in [0.2, 0.25) is 5.91 Å². The number of rotatable bonds is 6. The van der Waals surface area contributed by atoms with Gasteiger partial charge in [0.05, 0.1) is 12.1 Å². The molecule has 0 saturated carbocycles. The SMILES string of the molecule is CCOC(=O)CN(C(=O)OC(C)(C)C)C(C)(C)CC(=O)N1Cc2cccc(F)c2C1. The largest absolute Gasteiger partial charge is 0.465 e. The van der Waals surface area contributed by atoms with Gasteiger partial charge in [0.15, 0.2) is 0 Å². The van der Waals surface area contributed by atoms with Gasteiger partial charge in [-0.15, -0.1) is 0 Å². The van der Waals surface area contributed by atoms with Crippen LogP contribution in [0.3, 0.4) is 0 Å².